The quantitative estimate of drug-likeness (QED) is 0.803. The third-order valence-corrected chi connectivity index (χ3v) is 5.02. The van der Waals surface area contributed by atoms with Crippen LogP contribution in [0.1, 0.15) is 48.4 Å². The second kappa shape index (κ2) is 6.69. The first kappa shape index (κ1) is 17.8. The van der Waals surface area contributed by atoms with Crippen LogP contribution in [-0.4, -0.2) is 24.0 Å². The summed E-state index contributed by atoms with van der Waals surface area (Å²) in [6, 6.07) is 4.00. The first-order valence-corrected chi connectivity index (χ1v) is 8.52. The molecule has 7 heteroatoms. The van der Waals surface area contributed by atoms with Gasteiger partial charge in [-0.25, -0.2) is 0 Å². The highest BCUT2D eigenvalue weighted by atomic mass is 19.4. The molecule has 1 aromatic rings. The number of alkyl halides is 3. The lowest BCUT2D eigenvalue weighted by molar-refractivity contribution is -0.171. The van der Waals surface area contributed by atoms with E-state index in [4.69, 9.17) is 0 Å². The van der Waals surface area contributed by atoms with E-state index in [1.165, 1.54) is 5.56 Å². The highest BCUT2D eigenvalue weighted by Gasteiger charge is 2.46. The van der Waals surface area contributed by atoms with E-state index in [2.05, 4.69) is 11.4 Å². The predicted octanol–water partition coefficient (Wildman–Crippen LogP) is 2.95. The van der Waals surface area contributed by atoms with Gasteiger partial charge >= 0.3 is 6.18 Å². The molecule has 3 atom stereocenters. The van der Waals surface area contributed by atoms with Crippen molar-refractivity contribution in [2.75, 3.05) is 0 Å². The van der Waals surface area contributed by atoms with Gasteiger partial charge in [-0.3, -0.25) is 9.59 Å². The summed E-state index contributed by atoms with van der Waals surface area (Å²) in [5.74, 6) is -2.39. The number of benzene rings is 1. The van der Waals surface area contributed by atoms with Crippen molar-refractivity contribution < 1.29 is 22.8 Å². The molecule has 1 heterocycles. The van der Waals surface area contributed by atoms with E-state index < -0.39 is 30.0 Å². The van der Waals surface area contributed by atoms with Crippen molar-refractivity contribution >= 4 is 11.8 Å². The zero-order valence-corrected chi connectivity index (χ0v) is 14.0. The fourth-order valence-corrected chi connectivity index (χ4v) is 3.67. The molecule has 1 saturated heterocycles. The zero-order valence-electron chi connectivity index (χ0n) is 14.0. The maximum absolute atomic E-state index is 12.7. The van der Waals surface area contributed by atoms with Gasteiger partial charge in [-0.2, -0.15) is 13.2 Å². The van der Waals surface area contributed by atoms with Crippen LogP contribution < -0.4 is 10.6 Å². The first-order chi connectivity index (χ1) is 11.8. The molecule has 0 aromatic heterocycles. The summed E-state index contributed by atoms with van der Waals surface area (Å²) >= 11 is 0. The third kappa shape index (κ3) is 3.80. The molecule has 0 saturated carbocycles. The van der Waals surface area contributed by atoms with Gasteiger partial charge in [0, 0.05) is 0 Å². The topological polar surface area (TPSA) is 58.2 Å². The van der Waals surface area contributed by atoms with Crippen LogP contribution in [0.25, 0.3) is 0 Å². The minimum absolute atomic E-state index is 0.0880. The average molecular weight is 354 g/mol. The first-order valence-electron chi connectivity index (χ1n) is 8.52. The van der Waals surface area contributed by atoms with E-state index >= 15 is 0 Å². The lowest BCUT2D eigenvalue weighted by Crippen LogP contribution is -2.54. The normalized spacial score (nSPS) is 26.6. The Balaban J connectivity index is 1.67. The minimum Gasteiger partial charge on any atom is -0.349 e. The molecule has 25 heavy (non-hydrogen) atoms. The molecular formula is C18H21F3N2O2. The van der Waals surface area contributed by atoms with Crippen LogP contribution >= 0.6 is 0 Å². The van der Waals surface area contributed by atoms with Gasteiger partial charge in [-0.15, -0.1) is 0 Å². The highest BCUT2D eigenvalue weighted by Crippen LogP contribution is 2.32. The van der Waals surface area contributed by atoms with Crippen LogP contribution in [0.2, 0.25) is 0 Å². The minimum atomic E-state index is -4.47. The molecular weight excluding hydrogens is 333 g/mol. The van der Waals surface area contributed by atoms with Crippen molar-refractivity contribution in [3.05, 3.63) is 34.9 Å². The number of amides is 2. The number of fused-ring (bicyclic) bond motifs is 1. The van der Waals surface area contributed by atoms with Gasteiger partial charge in [-0.1, -0.05) is 23.8 Å². The van der Waals surface area contributed by atoms with Gasteiger partial charge < -0.3 is 10.6 Å². The summed E-state index contributed by atoms with van der Waals surface area (Å²) in [6.45, 7) is 2.01. The summed E-state index contributed by atoms with van der Waals surface area (Å²) in [6.07, 6.45) is -2.20. The lowest BCUT2D eigenvalue weighted by Gasteiger charge is -2.32. The summed E-state index contributed by atoms with van der Waals surface area (Å²) < 4.78 is 38.1. The molecule has 2 aliphatic rings. The SMILES string of the molecule is Cc1ccc2c(c1)CCCC2NC(=O)C1CCC(C(F)(F)F)NC1=O. The number of halogens is 3. The van der Waals surface area contributed by atoms with Gasteiger partial charge in [0.05, 0.1) is 6.04 Å². The van der Waals surface area contributed by atoms with Gasteiger partial charge in [0.25, 0.3) is 0 Å². The van der Waals surface area contributed by atoms with E-state index in [1.54, 1.807) is 0 Å². The Labute approximate surface area is 144 Å². The van der Waals surface area contributed by atoms with Crippen molar-refractivity contribution in [2.45, 2.75) is 57.3 Å². The van der Waals surface area contributed by atoms with Crippen molar-refractivity contribution in [1.29, 1.82) is 0 Å². The molecule has 1 fully saturated rings. The number of rotatable bonds is 2. The van der Waals surface area contributed by atoms with Crippen LogP contribution in [0.4, 0.5) is 13.2 Å². The highest BCUT2D eigenvalue weighted by molar-refractivity contribution is 6.01. The summed E-state index contributed by atoms with van der Waals surface area (Å²) in [7, 11) is 0. The molecule has 0 radical (unpaired) electrons. The van der Waals surface area contributed by atoms with E-state index in [0.29, 0.717) is 0 Å². The van der Waals surface area contributed by atoms with Gasteiger partial charge in [0.15, 0.2) is 0 Å². The Hall–Kier alpha value is -2.05. The van der Waals surface area contributed by atoms with Crippen LogP contribution in [0.3, 0.4) is 0 Å². The Morgan fingerprint density at radius 2 is 2.00 bits per heavy atom. The summed E-state index contributed by atoms with van der Waals surface area (Å²) in [5, 5.41) is 4.79. The molecule has 4 nitrogen and oxygen atoms in total. The molecule has 1 aromatic carbocycles. The van der Waals surface area contributed by atoms with Crippen molar-refractivity contribution in [2.24, 2.45) is 5.92 Å². The largest absolute Gasteiger partial charge is 0.408 e. The standard InChI is InChI=1S/C18H21F3N2O2/c1-10-5-6-12-11(9-10)3-2-4-14(12)22-16(24)13-7-8-15(18(19,20)21)23-17(13)25/h5-6,9,13-15H,2-4,7-8H2,1H3,(H,22,24)(H,23,25). The average Bonchev–Trinajstić information content (AvgIpc) is 2.53. The molecule has 0 spiro atoms. The van der Waals surface area contributed by atoms with E-state index in [1.807, 2.05) is 24.4 Å². The van der Waals surface area contributed by atoms with Crippen LogP contribution in [0.15, 0.2) is 18.2 Å². The van der Waals surface area contributed by atoms with Gasteiger partial charge in [0.2, 0.25) is 11.8 Å². The number of hydrogen-bond acceptors (Lipinski definition) is 2. The predicted molar refractivity (Wildman–Crippen MR) is 85.7 cm³/mol. The molecule has 3 rings (SSSR count). The number of aryl methyl sites for hydroxylation is 2. The molecule has 2 amide bonds. The van der Waals surface area contributed by atoms with Crippen molar-refractivity contribution in [1.82, 2.24) is 10.6 Å². The molecule has 3 unspecified atom stereocenters. The number of carbonyl (C=O) groups excluding carboxylic acids is 2. The van der Waals surface area contributed by atoms with Gasteiger partial charge in [0.1, 0.15) is 12.0 Å². The Kier molecular flexibility index (Phi) is 4.75. The smallest absolute Gasteiger partial charge is 0.349 e. The second-order valence-corrected chi connectivity index (χ2v) is 6.89. The van der Waals surface area contributed by atoms with E-state index in [0.717, 1.165) is 30.4 Å². The Morgan fingerprint density at radius 3 is 2.68 bits per heavy atom. The second-order valence-electron chi connectivity index (χ2n) is 6.89. The van der Waals surface area contributed by atoms with Crippen LogP contribution in [-0.2, 0) is 16.0 Å². The monoisotopic (exact) mass is 354 g/mol. The molecule has 0 bridgehead atoms. The van der Waals surface area contributed by atoms with Crippen molar-refractivity contribution in [3.63, 3.8) is 0 Å². The fourth-order valence-electron chi connectivity index (χ4n) is 3.67. The molecule has 136 valence electrons. The Bertz CT molecular complexity index is 687. The molecule has 1 aliphatic heterocycles. The van der Waals surface area contributed by atoms with Gasteiger partial charge in [-0.05, 0) is 50.2 Å². The maximum atomic E-state index is 12.7. The van der Waals surface area contributed by atoms with E-state index in [9.17, 15) is 22.8 Å². The molecule has 1 aliphatic carbocycles. The van der Waals surface area contributed by atoms with Crippen LogP contribution in [0.5, 0.6) is 0 Å². The number of hydrogen-bond donors (Lipinski definition) is 2. The van der Waals surface area contributed by atoms with Crippen LogP contribution in [0, 0.1) is 12.8 Å². The number of piperidine rings is 1. The molecule has 2 N–H and O–H groups in total. The lowest BCUT2D eigenvalue weighted by atomic mass is 9.86. The maximum Gasteiger partial charge on any atom is 0.408 e. The Morgan fingerprint density at radius 1 is 1.24 bits per heavy atom. The fraction of sp³-hybridized carbons (Fsp3) is 0.556. The van der Waals surface area contributed by atoms with E-state index in [-0.39, 0.29) is 18.9 Å². The number of nitrogens with one attached hydrogen (secondary N) is 2. The summed E-state index contributed by atoms with van der Waals surface area (Å²) in [5.41, 5.74) is 3.37. The third-order valence-electron chi connectivity index (χ3n) is 5.02. The zero-order chi connectivity index (χ0) is 18.2. The summed E-state index contributed by atoms with van der Waals surface area (Å²) in [4.78, 5) is 24.4. The van der Waals surface area contributed by atoms with Crippen molar-refractivity contribution in [3.8, 4) is 0 Å². The number of carbonyl (C=O) groups is 2.